The highest BCUT2D eigenvalue weighted by molar-refractivity contribution is 5.93. The van der Waals surface area contributed by atoms with Gasteiger partial charge in [-0.2, -0.15) is 5.10 Å². The third-order valence-electron chi connectivity index (χ3n) is 6.60. The maximum Gasteiger partial charge on any atom is 0.272 e. The summed E-state index contributed by atoms with van der Waals surface area (Å²) in [6, 6.07) is 12.5. The molecule has 2 atom stereocenters. The zero-order valence-corrected chi connectivity index (χ0v) is 18.1. The van der Waals surface area contributed by atoms with Gasteiger partial charge in [0.05, 0.1) is 5.69 Å². The summed E-state index contributed by atoms with van der Waals surface area (Å²) in [4.78, 5) is 30.0. The molecule has 0 radical (unpaired) electrons. The fourth-order valence-electron chi connectivity index (χ4n) is 5.09. The smallest absolute Gasteiger partial charge is 0.272 e. The second kappa shape index (κ2) is 9.02. The molecule has 2 aliphatic heterocycles. The van der Waals surface area contributed by atoms with Crippen LogP contribution >= 0.6 is 0 Å². The fourth-order valence-corrected chi connectivity index (χ4v) is 5.09. The predicted octanol–water partition coefficient (Wildman–Crippen LogP) is 3.20. The Hall–Kier alpha value is -2.63. The summed E-state index contributed by atoms with van der Waals surface area (Å²) in [7, 11) is 1.83. The number of nitrogens with zero attached hydrogens (tertiary/aromatic N) is 4. The van der Waals surface area contributed by atoms with Crippen LogP contribution in [-0.2, 0) is 18.3 Å². The van der Waals surface area contributed by atoms with E-state index in [2.05, 4.69) is 17.2 Å². The third kappa shape index (κ3) is 4.42. The van der Waals surface area contributed by atoms with Gasteiger partial charge in [0, 0.05) is 39.1 Å². The molecule has 0 aliphatic carbocycles. The minimum Gasteiger partial charge on any atom is -0.342 e. The minimum atomic E-state index is 0.0791. The summed E-state index contributed by atoms with van der Waals surface area (Å²) >= 11 is 0. The van der Waals surface area contributed by atoms with Crippen molar-refractivity contribution in [3.8, 4) is 0 Å². The number of aromatic nitrogens is 2. The number of hydrogen-bond acceptors (Lipinski definition) is 3. The molecule has 30 heavy (non-hydrogen) atoms. The Kier molecular flexibility index (Phi) is 6.21. The molecular formula is C24H32N4O2. The van der Waals surface area contributed by atoms with Crippen molar-refractivity contribution in [3.05, 3.63) is 53.3 Å². The van der Waals surface area contributed by atoms with Gasteiger partial charge in [-0.15, -0.1) is 0 Å². The Morgan fingerprint density at radius 1 is 1.13 bits per heavy atom. The van der Waals surface area contributed by atoms with Crippen LogP contribution in [0.4, 0.5) is 0 Å². The van der Waals surface area contributed by atoms with Crippen LogP contribution < -0.4 is 0 Å². The van der Waals surface area contributed by atoms with E-state index in [1.165, 1.54) is 5.56 Å². The molecular weight excluding hydrogens is 376 g/mol. The average molecular weight is 409 g/mol. The van der Waals surface area contributed by atoms with E-state index in [1.54, 1.807) is 4.68 Å². The normalized spacial score (nSPS) is 21.4. The molecule has 2 fully saturated rings. The van der Waals surface area contributed by atoms with Gasteiger partial charge in [-0.25, -0.2) is 0 Å². The molecule has 1 aromatic carbocycles. The molecule has 6 nitrogen and oxygen atoms in total. The molecule has 3 heterocycles. The highest BCUT2D eigenvalue weighted by Crippen LogP contribution is 2.32. The number of hydrogen-bond donors (Lipinski definition) is 0. The number of likely N-dealkylation sites (tertiary alicyclic amines) is 2. The molecule has 0 unspecified atom stereocenters. The van der Waals surface area contributed by atoms with Crippen molar-refractivity contribution in [2.75, 3.05) is 19.6 Å². The lowest BCUT2D eigenvalue weighted by atomic mass is 9.83. The first-order valence-electron chi connectivity index (χ1n) is 11.2. The summed E-state index contributed by atoms with van der Waals surface area (Å²) in [6.07, 6.45) is 5.39. The van der Waals surface area contributed by atoms with Crippen LogP contribution in [0.1, 0.15) is 53.8 Å². The first-order chi connectivity index (χ1) is 14.5. The number of benzene rings is 1. The van der Waals surface area contributed by atoms with Crippen molar-refractivity contribution in [2.45, 2.75) is 51.5 Å². The van der Waals surface area contributed by atoms with Gasteiger partial charge < -0.3 is 9.80 Å². The van der Waals surface area contributed by atoms with E-state index in [9.17, 15) is 9.59 Å². The number of carbonyl (C=O) groups is 2. The van der Waals surface area contributed by atoms with Crippen LogP contribution in [0, 0.1) is 12.8 Å². The quantitative estimate of drug-likeness (QED) is 0.763. The van der Waals surface area contributed by atoms with E-state index < -0.39 is 0 Å². The Morgan fingerprint density at radius 3 is 2.67 bits per heavy atom. The Bertz CT molecular complexity index is 892. The van der Waals surface area contributed by atoms with Gasteiger partial charge in [0.2, 0.25) is 5.91 Å². The van der Waals surface area contributed by atoms with Crippen molar-refractivity contribution < 1.29 is 9.59 Å². The number of carbonyl (C=O) groups excluding carboxylic acids is 2. The fraction of sp³-hybridized carbons (Fsp3) is 0.542. The van der Waals surface area contributed by atoms with Gasteiger partial charge in [-0.1, -0.05) is 30.3 Å². The number of fused-ring (bicyclic) bond motifs is 1. The maximum absolute atomic E-state index is 13.2. The molecule has 160 valence electrons. The van der Waals surface area contributed by atoms with E-state index >= 15 is 0 Å². The molecule has 2 aromatic rings. The van der Waals surface area contributed by atoms with E-state index in [0.29, 0.717) is 18.0 Å². The minimum absolute atomic E-state index is 0.0791. The first kappa shape index (κ1) is 20.6. The lowest BCUT2D eigenvalue weighted by molar-refractivity contribution is -0.134. The number of rotatable bonds is 5. The summed E-state index contributed by atoms with van der Waals surface area (Å²) < 4.78 is 1.69. The summed E-state index contributed by atoms with van der Waals surface area (Å²) in [5, 5.41) is 4.33. The van der Waals surface area contributed by atoms with Gasteiger partial charge >= 0.3 is 0 Å². The molecule has 2 aliphatic rings. The summed E-state index contributed by atoms with van der Waals surface area (Å²) in [6.45, 7) is 4.25. The SMILES string of the molecule is Cc1cc(C(=O)N2CCC[C@@H]3CN(C(=O)CCCc4ccccc4)CC[C@@H]32)n(C)n1. The predicted molar refractivity (Wildman–Crippen MR) is 116 cm³/mol. The zero-order valence-electron chi connectivity index (χ0n) is 18.1. The van der Waals surface area contributed by atoms with E-state index in [0.717, 1.165) is 57.4 Å². The first-order valence-corrected chi connectivity index (χ1v) is 11.2. The molecule has 0 spiro atoms. The highest BCUT2D eigenvalue weighted by atomic mass is 16.2. The molecule has 6 heteroatoms. The lowest BCUT2D eigenvalue weighted by Gasteiger charge is -2.47. The van der Waals surface area contributed by atoms with Gasteiger partial charge in [0.15, 0.2) is 0 Å². The number of amides is 2. The van der Waals surface area contributed by atoms with Crippen molar-refractivity contribution in [1.82, 2.24) is 19.6 Å². The topological polar surface area (TPSA) is 58.4 Å². The van der Waals surface area contributed by atoms with Gasteiger partial charge in [-0.3, -0.25) is 14.3 Å². The molecule has 1 aromatic heterocycles. The highest BCUT2D eigenvalue weighted by Gasteiger charge is 2.39. The van der Waals surface area contributed by atoms with Gasteiger partial charge in [-0.05, 0) is 56.6 Å². The lowest BCUT2D eigenvalue weighted by Crippen LogP contribution is -2.56. The largest absolute Gasteiger partial charge is 0.342 e. The van der Waals surface area contributed by atoms with Crippen molar-refractivity contribution in [3.63, 3.8) is 0 Å². The number of piperidine rings is 2. The average Bonchev–Trinajstić information content (AvgIpc) is 3.11. The Balaban J connectivity index is 1.33. The van der Waals surface area contributed by atoms with Crippen LogP contribution in [0.25, 0.3) is 0 Å². The molecule has 2 amide bonds. The van der Waals surface area contributed by atoms with E-state index in [1.807, 2.05) is 48.0 Å². The molecule has 0 saturated carbocycles. The van der Waals surface area contributed by atoms with Crippen LogP contribution in [0.15, 0.2) is 36.4 Å². The summed E-state index contributed by atoms with van der Waals surface area (Å²) in [5.74, 6) is 0.717. The standard InChI is InChI=1S/C24H32N4O2/c1-18-16-22(26(2)25-18)24(30)28-14-7-11-20-17-27(15-13-21(20)28)23(29)12-6-10-19-8-4-3-5-9-19/h3-5,8-9,16,20-21H,6-7,10-15,17H2,1-2H3/t20-,21+/m1/s1. The second-order valence-corrected chi connectivity index (χ2v) is 8.73. The van der Waals surface area contributed by atoms with Crippen LogP contribution in [-0.4, -0.2) is 57.1 Å². The molecule has 0 bridgehead atoms. The van der Waals surface area contributed by atoms with Crippen LogP contribution in [0.5, 0.6) is 0 Å². The van der Waals surface area contributed by atoms with Gasteiger partial charge in [0.25, 0.3) is 5.91 Å². The Morgan fingerprint density at radius 2 is 1.93 bits per heavy atom. The van der Waals surface area contributed by atoms with Crippen molar-refractivity contribution in [1.29, 1.82) is 0 Å². The second-order valence-electron chi connectivity index (χ2n) is 8.73. The van der Waals surface area contributed by atoms with Crippen molar-refractivity contribution in [2.24, 2.45) is 13.0 Å². The monoisotopic (exact) mass is 408 g/mol. The van der Waals surface area contributed by atoms with E-state index in [-0.39, 0.29) is 17.9 Å². The van der Waals surface area contributed by atoms with Gasteiger partial charge in [0.1, 0.15) is 5.69 Å². The zero-order chi connectivity index (χ0) is 21.1. The third-order valence-corrected chi connectivity index (χ3v) is 6.60. The molecule has 0 N–H and O–H groups in total. The number of aryl methyl sites for hydroxylation is 3. The maximum atomic E-state index is 13.2. The summed E-state index contributed by atoms with van der Waals surface area (Å²) in [5.41, 5.74) is 2.81. The van der Waals surface area contributed by atoms with Crippen LogP contribution in [0.3, 0.4) is 0 Å². The van der Waals surface area contributed by atoms with E-state index in [4.69, 9.17) is 0 Å². The molecule has 2 saturated heterocycles. The Labute approximate surface area is 178 Å². The van der Waals surface area contributed by atoms with Crippen LogP contribution in [0.2, 0.25) is 0 Å². The molecule has 4 rings (SSSR count). The van der Waals surface area contributed by atoms with Crippen molar-refractivity contribution >= 4 is 11.8 Å².